The van der Waals surface area contributed by atoms with E-state index in [0.29, 0.717) is 10.8 Å². The molecule has 1 rings (SSSR count). The number of carbonyl (C=O) groups excluding carboxylic acids is 2. The highest BCUT2D eigenvalue weighted by Crippen LogP contribution is 2.27. The molecule has 0 spiro atoms. The van der Waals surface area contributed by atoms with Gasteiger partial charge in [-0.2, -0.15) is 0 Å². The highest BCUT2D eigenvalue weighted by atomic mass is 79.9. The van der Waals surface area contributed by atoms with E-state index in [0.717, 1.165) is 4.47 Å². The predicted molar refractivity (Wildman–Crippen MR) is 69.4 cm³/mol. The number of primary amides is 1. The normalized spacial score (nSPS) is 11.7. The molecule has 0 bridgehead atoms. The third-order valence-electron chi connectivity index (χ3n) is 1.95. The van der Waals surface area contributed by atoms with Crippen molar-refractivity contribution in [2.24, 2.45) is 5.73 Å². The smallest absolute Gasteiger partial charge is 0.344 e. The fraction of sp³-hybridized carbons (Fsp3) is 0.273. The topological polar surface area (TPSA) is 78.6 Å². The van der Waals surface area contributed by atoms with Gasteiger partial charge in [-0.3, -0.25) is 4.79 Å². The van der Waals surface area contributed by atoms with Crippen molar-refractivity contribution in [3.63, 3.8) is 0 Å². The van der Waals surface area contributed by atoms with Gasteiger partial charge in [-0.1, -0.05) is 27.5 Å². The molecule has 0 unspecified atom stereocenters. The van der Waals surface area contributed by atoms with E-state index in [1.807, 2.05) is 0 Å². The highest BCUT2D eigenvalue weighted by molar-refractivity contribution is 9.10. The van der Waals surface area contributed by atoms with Crippen molar-refractivity contribution < 1.29 is 19.1 Å². The monoisotopic (exact) mass is 335 g/mol. The summed E-state index contributed by atoms with van der Waals surface area (Å²) in [5.74, 6) is -1.06. The molecule has 1 aromatic carbocycles. The molecule has 1 atom stereocenters. The van der Waals surface area contributed by atoms with Crippen molar-refractivity contribution in [3.8, 4) is 5.75 Å². The Kier molecular flexibility index (Phi) is 5.43. The number of nitrogens with two attached hydrogens (primary N) is 1. The van der Waals surface area contributed by atoms with Crippen LogP contribution in [0.3, 0.4) is 0 Å². The van der Waals surface area contributed by atoms with Gasteiger partial charge in [-0.15, -0.1) is 0 Å². The summed E-state index contributed by atoms with van der Waals surface area (Å²) in [6.07, 6.45) is -0.985. The van der Waals surface area contributed by atoms with E-state index in [-0.39, 0.29) is 6.61 Å². The van der Waals surface area contributed by atoms with Crippen LogP contribution in [0.4, 0.5) is 0 Å². The standard InChI is InChI=1S/C11H11BrClNO4/c1-6(11(14)16)18-10(15)5-17-9-3-2-7(12)4-8(9)13/h2-4,6H,5H2,1H3,(H2,14,16)/t6-/m1/s1. The Balaban J connectivity index is 2.50. The average molecular weight is 337 g/mol. The molecule has 0 aliphatic rings. The number of halogens is 2. The first-order valence-electron chi connectivity index (χ1n) is 4.97. The minimum Gasteiger partial charge on any atom is -0.480 e. The van der Waals surface area contributed by atoms with E-state index in [9.17, 15) is 9.59 Å². The van der Waals surface area contributed by atoms with Crippen LogP contribution in [-0.4, -0.2) is 24.6 Å². The van der Waals surface area contributed by atoms with Crippen LogP contribution in [0.5, 0.6) is 5.75 Å². The van der Waals surface area contributed by atoms with Crippen LogP contribution in [0.1, 0.15) is 6.92 Å². The number of rotatable bonds is 5. The molecule has 0 radical (unpaired) electrons. The number of ether oxygens (including phenoxy) is 2. The first-order valence-corrected chi connectivity index (χ1v) is 6.14. The maximum absolute atomic E-state index is 11.3. The Morgan fingerprint density at radius 1 is 1.50 bits per heavy atom. The summed E-state index contributed by atoms with van der Waals surface area (Å²) in [5, 5.41) is 0.361. The van der Waals surface area contributed by atoms with E-state index >= 15 is 0 Å². The first-order chi connectivity index (χ1) is 8.40. The summed E-state index contributed by atoms with van der Waals surface area (Å²) in [7, 11) is 0. The molecule has 0 heterocycles. The van der Waals surface area contributed by atoms with E-state index in [1.54, 1.807) is 18.2 Å². The zero-order valence-electron chi connectivity index (χ0n) is 9.48. The Morgan fingerprint density at radius 2 is 2.17 bits per heavy atom. The van der Waals surface area contributed by atoms with Crippen LogP contribution in [-0.2, 0) is 14.3 Å². The largest absolute Gasteiger partial charge is 0.480 e. The number of hydrogen-bond acceptors (Lipinski definition) is 4. The van der Waals surface area contributed by atoms with E-state index < -0.39 is 18.0 Å². The second-order valence-electron chi connectivity index (χ2n) is 3.40. The lowest BCUT2D eigenvalue weighted by atomic mass is 10.3. The maximum atomic E-state index is 11.3. The summed E-state index contributed by atoms with van der Waals surface area (Å²) < 4.78 is 10.7. The predicted octanol–water partition coefficient (Wildman–Crippen LogP) is 1.90. The number of amides is 1. The zero-order valence-corrected chi connectivity index (χ0v) is 11.8. The van der Waals surface area contributed by atoms with E-state index in [1.165, 1.54) is 6.92 Å². The fourth-order valence-corrected chi connectivity index (χ4v) is 1.75. The van der Waals surface area contributed by atoms with Crippen molar-refractivity contribution in [1.29, 1.82) is 0 Å². The van der Waals surface area contributed by atoms with Crippen LogP contribution < -0.4 is 10.5 Å². The van der Waals surface area contributed by atoms with Crippen molar-refractivity contribution in [1.82, 2.24) is 0 Å². The zero-order chi connectivity index (χ0) is 13.7. The van der Waals surface area contributed by atoms with Gasteiger partial charge in [-0.05, 0) is 25.1 Å². The van der Waals surface area contributed by atoms with Crippen LogP contribution in [0.15, 0.2) is 22.7 Å². The molecule has 0 saturated heterocycles. The van der Waals surface area contributed by atoms with Gasteiger partial charge in [0.15, 0.2) is 12.7 Å². The highest BCUT2D eigenvalue weighted by Gasteiger charge is 2.15. The van der Waals surface area contributed by atoms with Gasteiger partial charge in [0.05, 0.1) is 5.02 Å². The summed E-state index contributed by atoms with van der Waals surface area (Å²) in [6, 6.07) is 4.96. The fourth-order valence-electron chi connectivity index (χ4n) is 1.02. The Hall–Kier alpha value is -1.27. The lowest BCUT2D eigenvalue weighted by molar-refractivity contribution is -0.155. The molecule has 7 heteroatoms. The molecule has 2 N–H and O–H groups in total. The summed E-state index contributed by atoms with van der Waals surface area (Å²) in [6.45, 7) is 1.03. The maximum Gasteiger partial charge on any atom is 0.344 e. The SMILES string of the molecule is C[C@@H](OC(=O)COc1ccc(Br)cc1Cl)C(N)=O. The van der Waals surface area contributed by atoms with Gasteiger partial charge < -0.3 is 15.2 Å². The molecule has 0 saturated carbocycles. The van der Waals surface area contributed by atoms with Crippen molar-refractivity contribution in [2.45, 2.75) is 13.0 Å². The average Bonchev–Trinajstić information content (AvgIpc) is 2.27. The minimum absolute atomic E-state index is 0.348. The van der Waals surface area contributed by atoms with Crippen molar-refractivity contribution in [3.05, 3.63) is 27.7 Å². The van der Waals surface area contributed by atoms with Gasteiger partial charge in [-0.25, -0.2) is 4.79 Å². The molecule has 1 amide bonds. The molecule has 1 aromatic rings. The summed E-state index contributed by atoms with van der Waals surface area (Å²) in [4.78, 5) is 22.0. The van der Waals surface area contributed by atoms with E-state index in [4.69, 9.17) is 26.8 Å². The Labute approximate surface area is 117 Å². The van der Waals surface area contributed by atoms with Crippen LogP contribution in [0.2, 0.25) is 5.02 Å². The third-order valence-corrected chi connectivity index (χ3v) is 2.74. The van der Waals surface area contributed by atoms with Gasteiger partial charge in [0.2, 0.25) is 0 Å². The number of esters is 1. The quantitative estimate of drug-likeness (QED) is 0.833. The second kappa shape index (κ2) is 6.61. The van der Waals surface area contributed by atoms with Crippen molar-refractivity contribution in [2.75, 3.05) is 6.61 Å². The third kappa shape index (κ3) is 4.54. The van der Waals surface area contributed by atoms with Gasteiger partial charge in [0, 0.05) is 4.47 Å². The lowest BCUT2D eigenvalue weighted by Gasteiger charge is -2.11. The Bertz CT molecular complexity index is 466. The van der Waals surface area contributed by atoms with Gasteiger partial charge in [0.25, 0.3) is 5.91 Å². The molecular weight excluding hydrogens is 325 g/mol. The van der Waals surface area contributed by atoms with Gasteiger partial charge in [0.1, 0.15) is 5.75 Å². The molecule has 18 heavy (non-hydrogen) atoms. The summed E-state index contributed by atoms with van der Waals surface area (Å²) in [5.41, 5.74) is 4.95. The van der Waals surface area contributed by atoms with Crippen molar-refractivity contribution >= 4 is 39.4 Å². The van der Waals surface area contributed by atoms with Crippen LogP contribution in [0, 0.1) is 0 Å². The molecular formula is C11H11BrClNO4. The van der Waals surface area contributed by atoms with Gasteiger partial charge >= 0.3 is 5.97 Å². The molecule has 5 nitrogen and oxygen atoms in total. The van der Waals surface area contributed by atoms with Crippen LogP contribution >= 0.6 is 27.5 Å². The minimum atomic E-state index is -0.985. The number of hydrogen-bond donors (Lipinski definition) is 1. The number of carbonyl (C=O) groups is 2. The molecule has 0 aliphatic heterocycles. The molecule has 0 fully saturated rings. The van der Waals surface area contributed by atoms with E-state index in [2.05, 4.69) is 15.9 Å². The molecule has 98 valence electrons. The second-order valence-corrected chi connectivity index (χ2v) is 4.72. The lowest BCUT2D eigenvalue weighted by Crippen LogP contribution is -2.32. The molecule has 0 aromatic heterocycles. The van der Waals surface area contributed by atoms with Crippen LogP contribution in [0.25, 0.3) is 0 Å². The molecule has 0 aliphatic carbocycles. The number of benzene rings is 1. The Morgan fingerprint density at radius 3 is 2.72 bits per heavy atom. The first kappa shape index (κ1) is 14.8. The summed E-state index contributed by atoms with van der Waals surface area (Å²) >= 11 is 9.13.